The number of para-hydroxylation sites is 1. The van der Waals surface area contributed by atoms with Crippen molar-refractivity contribution < 1.29 is 53.7 Å². The van der Waals surface area contributed by atoms with E-state index in [4.69, 9.17) is 11.5 Å². The molecule has 4 rings (SSSR count). The minimum atomic E-state index is -1.51. The van der Waals surface area contributed by atoms with Crippen LogP contribution in [0, 0.1) is 5.92 Å². The molecule has 59 heavy (non-hydrogen) atoms. The molecule has 0 radical (unpaired) electrons. The summed E-state index contributed by atoms with van der Waals surface area (Å²) in [5, 5.41) is 39.9. The Hall–Kier alpha value is -6.50. The molecule has 2 heterocycles. The maximum absolute atomic E-state index is 14.1. The van der Waals surface area contributed by atoms with Crippen molar-refractivity contribution in [1.82, 2.24) is 31.2 Å². The first-order valence-corrected chi connectivity index (χ1v) is 19.3. The van der Waals surface area contributed by atoms with E-state index < -0.39 is 96.0 Å². The Morgan fingerprint density at radius 3 is 2.14 bits per heavy atom. The Kier molecular flexibility index (Phi) is 15.9. The zero-order valence-corrected chi connectivity index (χ0v) is 32.8. The lowest BCUT2D eigenvalue weighted by atomic mass is 9.96. The molecule has 1 aliphatic rings. The third-order valence-electron chi connectivity index (χ3n) is 10.4. The minimum Gasteiger partial charge on any atom is -0.508 e. The van der Waals surface area contributed by atoms with Crippen LogP contribution < -0.4 is 32.7 Å². The van der Waals surface area contributed by atoms with Crippen LogP contribution in [0.15, 0.2) is 54.7 Å². The number of aliphatic carboxylic acids is 2. The van der Waals surface area contributed by atoms with E-state index in [1.807, 2.05) is 0 Å². The second-order valence-electron chi connectivity index (χ2n) is 14.7. The average molecular weight is 821 g/mol. The van der Waals surface area contributed by atoms with E-state index in [0.717, 1.165) is 10.9 Å². The van der Waals surface area contributed by atoms with Gasteiger partial charge in [-0.05, 0) is 54.5 Å². The van der Waals surface area contributed by atoms with Gasteiger partial charge in [0.15, 0.2) is 0 Å². The summed E-state index contributed by atoms with van der Waals surface area (Å²) in [5.74, 6) is -8.08. The largest absolute Gasteiger partial charge is 0.508 e. The van der Waals surface area contributed by atoms with E-state index in [1.165, 1.54) is 17.0 Å². The number of aromatic nitrogens is 1. The van der Waals surface area contributed by atoms with Gasteiger partial charge >= 0.3 is 11.9 Å². The van der Waals surface area contributed by atoms with Gasteiger partial charge in [0.25, 0.3) is 0 Å². The number of aromatic hydroxyl groups is 1. The van der Waals surface area contributed by atoms with Gasteiger partial charge in [-0.2, -0.15) is 0 Å². The van der Waals surface area contributed by atoms with Gasteiger partial charge in [0.05, 0.1) is 12.5 Å². The number of hydrogen-bond donors (Lipinski definition) is 10. The Morgan fingerprint density at radius 1 is 0.847 bits per heavy atom. The molecule has 0 bridgehead atoms. The highest BCUT2D eigenvalue weighted by Crippen LogP contribution is 2.22. The smallest absolute Gasteiger partial charge is 0.326 e. The molecule has 2 aromatic carbocycles. The number of phenolic OH excluding ortho intramolecular Hbond substituents is 1. The summed E-state index contributed by atoms with van der Waals surface area (Å²) in [6, 6.07) is 4.98. The Balaban J connectivity index is 1.60. The number of likely N-dealkylation sites (tertiary alicyclic amines) is 1. The van der Waals surface area contributed by atoms with Gasteiger partial charge in [-0.1, -0.05) is 50.6 Å². The summed E-state index contributed by atoms with van der Waals surface area (Å²) in [6.07, 6.45) is 1.04. The summed E-state index contributed by atoms with van der Waals surface area (Å²) in [5.41, 5.74) is 13.1. The Bertz CT molecular complexity index is 2020. The predicted molar refractivity (Wildman–Crippen MR) is 212 cm³/mol. The number of nitrogens with two attached hydrogens (primary N) is 2. The molecule has 0 unspecified atom stereocenters. The van der Waals surface area contributed by atoms with Gasteiger partial charge < -0.3 is 57.9 Å². The molecule has 1 aromatic heterocycles. The number of hydrogen-bond acceptors (Lipinski definition) is 10. The lowest BCUT2D eigenvalue weighted by molar-refractivity contribution is -0.149. The van der Waals surface area contributed by atoms with Crippen LogP contribution in [0.2, 0.25) is 0 Å². The third-order valence-corrected chi connectivity index (χ3v) is 10.4. The number of carbonyl (C=O) groups is 8. The van der Waals surface area contributed by atoms with Crippen LogP contribution in [-0.4, -0.2) is 115 Å². The van der Waals surface area contributed by atoms with Crippen molar-refractivity contribution >= 4 is 58.3 Å². The van der Waals surface area contributed by atoms with Crippen LogP contribution in [0.25, 0.3) is 10.9 Å². The van der Waals surface area contributed by atoms with Crippen molar-refractivity contribution in [3.05, 3.63) is 65.9 Å². The van der Waals surface area contributed by atoms with Crippen molar-refractivity contribution in [2.75, 3.05) is 6.54 Å². The zero-order valence-electron chi connectivity index (χ0n) is 32.8. The molecule has 19 nitrogen and oxygen atoms in total. The number of primary amides is 1. The lowest BCUT2D eigenvalue weighted by Gasteiger charge is -2.31. The van der Waals surface area contributed by atoms with Crippen LogP contribution >= 0.6 is 0 Å². The van der Waals surface area contributed by atoms with E-state index in [2.05, 4.69) is 26.3 Å². The van der Waals surface area contributed by atoms with E-state index in [1.54, 1.807) is 56.4 Å². The number of H-pyrrole nitrogens is 1. The molecular formula is C40H52N8O11. The fourth-order valence-corrected chi connectivity index (χ4v) is 6.89. The molecule has 0 aliphatic carbocycles. The summed E-state index contributed by atoms with van der Waals surface area (Å²) >= 11 is 0. The highest BCUT2D eigenvalue weighted by Gasteiger charge is 2.39. The molecule has 0 spiro atoms. The number of phenols is 1. The van der Waals surface area contributed by atoms with Crippen LogP contribution in [-0.2, 0) is 51.2 Å². The number of carboxylic acid groups (broad SMARTS) is 2. The summed E-state index contributed by atoms with van der Waals surface area (Å²) in [4.78, 5) is 109. The molecule has 12 N–H and O–H groups in total. The normalized spacial score (nSPS) is 16.8. The van der Waals surface area contributed by atoms with Crippen molar-refractivity contribution in [3.63, 3.8) is 0 Å². The van der Waals surface area contributed by atoms with Crippen LogP contribution in [0.1, 0.15) is 63.5 Å². The molecule has 318 valence electrons. The third kappa shape index (κ3) is 12.5. The van der Waals surface area contributed by atoms with Crippen molar-refractivity contribution in [2.45, 2.75) is 101 Å². The van der Waals surface area contributed by atoms with E-state index in [9.17, 15) is 53.7 Å². The van der Waals surface area contributed by atoms with Gasteiger partial charge in [0, 0.05) is 42.9 Å². The number of carboxylic acids is 2. The van der Waals surface area contributed by atoms with E-state index in [0.29, 0.717) is 24.0 Å². The first-order valence-electron chi connectivity index (χ1n) is 19.3. The summed E-state index contributed by atoms with van der Waals surface area (Å²) in [6.45, 7) is 3.58. The van der Waals surface area contributed by atoms with Crippen LogP contribution in [0.5, 0.6) is 5.75 Å². The monoisotopic (exact) mass is 820 g/mol. The fraction of sp³-hybridized carbons (Fsp3) is 0.450. The van der Waals surface area contributed by atoms with Crippen molar-refractivity contribution in [2.24, 2.45) is 17.4 Å². The number of benzene rings is 2. The number of carbonyl (C=O) groups excluding carboxylic acids is 6. The summed E-state index contributed by atoms with van der Waals surface area (Å²) < 4.78 is 0. The molecule has 1 fully saturated rings. The number of rotatable bonds is 21. The van der Waals surface area contributed by atoms with E-state index >= 15 is 0 Å². The lowest BCUT2D eigenvalue weighted by Crippen LogP contribution is -2.61. The molecule has 0 saturated carbocycles. The number of amides is 6. The second kappa shape index (κ2) is 20.8. The quantitative estimate of drug-likeness (QED) is 0.0668. The van der Waals surface area contributed by atoms with Crippen molar-refractivity contribution in [1.29, 1.82) is 0 Å². The Morgan fingerprint density at radius 2 is 1.49 bits per heavy atom. The highest BCUT2D eigenvalue weighted by atomic mass is 16.4. The molecule has 1 aliphatic heterocycles. The molecule has 1 saturated heterocycles. The second-order valence-corrected chi connectivity index (χ2v) is 14.7. The maximum atomic E-state index is 14.1. The highest BCUT2D eigenvalue weighted by molar-refractivity contribution is 5.97. The first kappa shape index (κ1) is 45.2. The van der Waals surface area contributed by atoms with Crippen molar-refractivity contribution in [3.8, 4) is 5.75 Å². The van der Waals surface area contributed by atoms with Crippen LogP contribution in [0.4, 0.5) is 0 Å². The first-order chi connectivity index (χ1) is 28.0. The number of fused-ring (bicyclic) bond motifs is 1. The van der Waals surface area contributed by atoms with Gasteiger partial charge in [-0.15, -0.1) is 0 Å². The minimum absolute atomic E-state index is 0.0305. The molecular weight excluding hydrogens is 768 g/mol. The van der Waals surface area contributed by atoms with Gasteiger partial charge in [-0.3, -0.25) is 33.6 Å². The predicted octanol–water partition coefficient (Wildman–Crippen LogP) is -0.213. The van der Waals surface area contributed by atoms with Gasteiger partial charge in [0.1, 0.15) is 36.0 Å². The SMILES string of the molecule is CC[C@H](C)[C@H](NC(=O)[C@H](CCC(N)=O)NC(=O)[C@H](Cc1c[nH]c2ccccc12)NC(=O)[C@@H](N)CC(=O)O)C(=O)N[C@@H](Cc1ccc(O)cc1)C(=O)N1CCC[C@H]1C(=O)O. The number of nitrogens with one attached hydrogen (secondary N) is 5. The van der Waals surface area contributed by atoms with Crippen LogP contribution in [0.3, 0.4) is 0 Å². The van der Waals surface area contributed by atoms with E-state index in [-0.39, 0.29) is 44.4 Å². The topological polar surface area (TPSA) is 316 Å². The zero-order chi connectivity index (χ0) is 43.4. The molecule has 3 aromatic rings. The average Bonchev–Trinajstić information content (AvgIpc) is 3.86. The molecule has 19 heteroatoms. The standard InChI is InChI=1S/C40H52N8O11/c1-3-21(2)34(38(56)46-30(17-22-10-12-24(49)13-11-22)39(57)48-16-6-9-31(48)40(58)59)47-36(54)28(14-15-32(42)50)44-37(55)29(45-35(53)26(41)19-33(51)52)18-23-20-43-27-8-5-4-7-25(23)27/h4-5,7-8,10-13,20-21,26,28-31,34,43,49H,3,6,9,14-19,41H2,1-2H3,(H2,42,50)(H,44,55)(H,45,53)(H,46,56)(H,47,54)(H,51,52)(H,58,59)/t21-,26-,28-,29-,30-,31-,34-/m0/s1. The number of aromatic amines is 1. The number of nitrogens with zero attached hydrogens (tertiary/aromatic N) is 1. The molecule has 6 amide bonds. The summed E-state index contributed by atoms with van der Waals surface area (Å²) in [7, 11) is 0. The van der Waals surface area contributed by atoms with Gasteiger partial charge in [-0.25, -0.2) is 4.79 Å². The Labute approximate surface area is 339 Å². The maximum Gasteiger partial charge on any atom is 0.326 e. The molecule has 7 atom stereocenters. The fourth-order valence-electron chi connectivity index (χ4n) is 6.89. The van der Waals surface area contributed by atoms with Gasteiger partial charge in [0.2, 0.25) is 35.4 Å².